The van der Waals surface area contributed by atoms with Crippen LogP contribution in [0.15, 0.2) is 18.2 Å². The van der Waals surface area contributed by atoms with Gasteiger partial charge >= 0.3 is 0 Å². The van der Waals surface area contributed by atoms with Crippen LogP contribution in [0.3, 0.4) is 0 Å². The number of benzene rings is 1. The third-order valence-electron chi connectivity index (χ3n) is 3.08. The molecule has 1 aromatic carbocycles. The lowest BCUT2D eigenvalue weighted by atomic mass is 10.1. The van der Waals surface area contributed by atoms with Crippen molar-refractivity contribution in [1.82, 2.24) is 5.32 Å². The molecule has 114 valence electrons. The largest absolute Gasteiger partial charge is 0.482 e. The van der Waals surface area contributed by atoms with Crippen LogP contribution in [-0.4, -0.2) is 50.3 Å². The van der Waals surface area contributed by atoms with E-state index in [2.05, 4.69) is 5.32 Å². The lowest BCUT2D eigenvalue weighted by Crippen LogP contribution is -2.45. The average Bonchev–Trinajstić information content (AvgIpc) is 2.50. The highest BCUT2D eigenvalue weighted by atomic mass is 16.5. The fraction of sp³-hybridized carbons (Fsp3) is 0.429. The molecule has 0 radical (unpaired) electrons. The number of aliphatic hydroxyl groups is 1. The molecule has 2 amide bonds. The van der Waals surface area contributed by atoms with Gasteiger partial charge in [-0.25, -0.2) is 0 Å². The number of fused-ring (bicyclic) bond motifs is 1. The predicted octanol–water partition coefficient (Wildman–Crippen LogP) is -0.333. The highest BCUT2D eigenvalue weighted by Crippen LogP contribution is 2.32. The molecule has 0 bridgehead atoms. The van der Waals surface area contributed by atoms with E-state index in [9.17, 15) is 14.7 Å². The summed E-state index contributed by atoms with van der Waals surface area (Å²) < 4.78 is 10.2. The number of amides is 2. The zero-order valence-electron chi connectivity index (χ0n) is 11.8. The van der Waals surface area contributed by atoms with Gasteiger partial charge in [0.15, 0.2) is 6.61 Å². The number of ether oxygens (including phenoxy) is 2. The molecule has 7 heteroatoms. The Morgan fingerprint density at radius 1 is 1.52 bits per heavy atom. The fourth-order valence-corrected chi connectivity index (χ4v) is 2.01. The van der Waals surface area contributed by atoms with Gasteiger partial charge < -0.3 is 19.9 Å². The first kappa shape index (κ1) is 15.3. The third-order valence-corrected chi connectivity index (χ3v) is 3.08. The summed E-state index contributed by atoms with van der Waals surface area (Å²) >= 11 is 0. The van der Waals surface area contributed by atoms with Crippen molar-refractivity contribution in [2.45, 2.75) is 6.61 Å². The first-order chi connectivity index (χ1) is 10.2. The maximum Gasteiger partial charge on any atom is 0.265 e. The number of carbonyl (C=O) groups is 2. The Morgan fingerprint density at radius 2 is 2.33 bits per heavy atom. The van der Waals surface area contributed by atoms with E-state index < -0.39 is 0 Å². The van der Waals surface area contributed by atoms with Crippen molar-refractivity contribution < 1.29 is 24.2 Å². The van der Waals surface area contributed by atoms with Gasteiger partial charge in [0.2, 0.25) is 5.91 Å². The van der Waals surface area contributed by atoms with E-state index in [-0.39, 0.29) is 31.6 Å². The molecule has 0 aliphatic carbocycles. The minimum absolute atomic E-state index is 0.0895. The summed E-state index contributed by atoms with van der Waals surface area (Å²) in [6, 6.07) is 5.05. The topological polar surface area (TPSA) is 88.1 Å². The summed E-state index contributed by atoms with van der Waals surface area (Å²) in [5.74, 6) is -0.0429. The maximum absolute atomic E-state index is 12.0. The third kappa shape index (κ3) is 3.71. The zero-order valence-corrected chi connectivity index (χ0v) is 11.8. The Hall–Kier alpha value is -2.12. The van der Waals surface area contributed by atoms with E-state index in [1.807, 2.05) is 0 Å². The van der Waals surface area contributed by atoms with E-state index >= 15 is 0 Å². The van der Waals surface area contributed by atoms with E-state index in [1.54, 1.807) is 25.3 Å². The minimum atomic E-state index is -0.292. The normalized spacial score (nSPS) is 13.6. The van der Waals surface area contributed by atoms with E-state index in [1.165, 1.54) is 4.90 Å². The molecule has 2 N–H and O–H groups in total. The summed E-state index contributed by atoms with van der Waals surface area (Å²) in [4.78, 5) is 25.2. The van der Waals surface area contributed by atoms with Crippen molar-refractivity contribution >= 4 is 17.5 Å². The second-order valence-electron chi connectivity index (χ2n) is 4.57. The number of anilines is 1. The Morgan fingerprint density at radius 3 is 3.05 bits per heavy atom. The van der Waals surface area contributed by atoms with Crippen molar-refractivity contribution in [3.63, 3.8) is 0 Å². The minimum Gasteiger partial charge on any atom is -0.482 e. The second-order valence-corrected chi connectivity index (χ2v) is 4.57. The lowest BCUT2D eigenvalue weighted by Gasteiger charge is -2.29. The van der Waals surface area contributed by atoms with Gasteiger partial charge in [-0.3, -0.25) is 14.5 Å². The van der Waals surface area contributed by atoms with Crippen LogP contribution in [0.1, 0.15) is 5.56 Å². The fourth-order valence-electron chi connectivity index (χ4n) is 2.01. The van der Waals surface area contributed by atoms with Crippen molar-refractivity contribution in [3.05, 3.63) is 23.8 Å². The highest BCUT2D eigenvalue weighted by molar-refractivity contribution is 6.02. The molecule has 0 atom stereocenters. The smallest absolute Gasteiger partial charge is 0.265 e. The van der Waals surface area contributed by atoms with Gasteiger partial charge in [0.25, 0.3) is 5.91 Å². The molecule has 1 aliphatic heterocycles. The van der Waals surface area contributed by atoms with Crippen molar-refractivity contribution in [2.75, 3.05) is 38.3 Å². The molecule has 1 heterocycles. The molecule has 0 aromatic heterocycles. The van der Waals surface area contributed by atoms with Crippen molar-refractivity contribution in [3.8, 4) is 5.75 Å². The Bertz CT molecular complexity index is 532. The monoisotopic (exact) mass is 294 g/mol. The van der Waals surface area contributed by atoms with Crippen molar-refractivity contribution in [2.24, 2.45) is 0 Å². The molecule has 21 heavy (non-hydrogen) atoms. The quantitative estimate of drug-likeness (QED) is 0.701. The average molecular weight is 294 g/mol. The van der Waals surface area contributed by atoms with E-state index in [0.717, 1.165) is 0 Å². The summed E-state index contributed by atoms with van der Waals surface area (Å²) in [6.07, 6.45) is 0. The highest BCUT2D eigenvalue weighted by Gasteiger charge is 2.27. The second kappa shape index (κ2) is 7.05. The van der Waals surface area contributed by atoms with Crippen LogP contribution in [0, 0.1) is 0 Å². The number of aliphatic hydroxyl groups excluding tert-OH is 1. The number of hydrogen-bond donors (Lipinski definition) is 2. The number of carbonyl (C=O) groups excluding carboxylic acids is 2. The van der Waals surface area contributed by atoms with Crippen LogP contribution >= 0.6 is 0 Å². The van der Waals surface area contributed by atoms with Gasteiger partial charge in [-0.05, 0) is 17.7 Å². The molecule has 7 nitrogen and oxygen atoms in total. The van der Waals surface area contributed by atoms with Gasteiger partial charge in [0.1, 0.15) is 12.3 Å². The van der Waals surface area contributed by atoms with Gasteiger partial charge in [-0.2, -0.15) is 0 Å². The van der Waals surface area contributed by atoms with Crippen molar-refractivity contribution in [1.29, 1.82) is 0 Å². The van der Waals surface area contributed by atoms with E-state index in [4.69, 9.17) is 9.47 Å². The molecular formula is C14H18N2O5. The standard InChI is InChI=1S/C14H18N2O5/c1-20-5-4-15-13(18)7-16-11-6-10(8-17)2-3-12(11)21-9-14(16)19/h2-3,6,17H,4-5,7-9H2,1H3,(H,15,18). The van der Waals surface area contributed by atoms with Crippen LogP contribution in [0.2, 0.25) is 0 Å². The number of nitrogens with zero attached hydrogens (tertiary/aromatic N) is 1. The molecule has 1 aromatic rings. The number of methoxy groups -OCH3 is 1. The molecule has 2 rings (SSSR count). The summed E-state index contributed by atoms with van der Waals surface area (Å²) in [5, 5.41) is 11.8. The summed E-state index contributed by atoms with van der Waals surface area (Å²) in [5.41, 5.74) is 1.15. The number of nitrogens with one attached hydrogen (secondary N) is 1. The summed E-state index contributed by atoms with van der Waals surface area (Å²) in [6.45, 7) is 0.464. The van der Waals surface area contributed by atoms with Crippen LogP contribution in [-0.2, 0) is 20.9 Å². The molecular weight excluding hydrogens is 276 g/mol. The molecule has 1 aliphatic rings. The Labute approximate surface area is 122 Å². The summed E-state index contributed by atoms with van der Waals surface area (Å²) in [7, 11) is 1.55. The molecule has 0 saturated heterocycles. The van der Waals surface area contributed by atoms with Gasteiger partial charge in [0, 0.05) is 13.7 Å². The maximum atomic E-state index is 12.0. The van der Waals surface area contributed by atoms with Crippen LogP contribution < -0.4 is 15.0 Å². The van der Waals surface area contributed by atoms with E-state index in [0.29, 0.717) is 30.2 Å². The van der Waals surface area contributed by atoms with Crippen LogP contribution in [0.25, 0.3) is 0 Å². The van der Waals surface area contributed by atoms with Gasteiger partial charge in [0.05, 0.1) is 18.9 Å². The lowest BCUT2D eigenvalue weighted by molar-refractivity contribution is -0.125. The first-order valence-corrected chi connectivity index (χ1v) is 6.58. The zero-order chi connectivity index (χ0) is 15.2. The molecule has 0 fully saturated rings. The van der Waals surface area contributed by atoms with Crippen LogP contribution in [0.5, 0.6) is 5.75 Å². The first-order valence-electron chi connectivity index (χ1n) is 6.58. The number of rotatable bonds is 6. The SMILES string of the molecule is COCCNC(=O)CN1C(=O)COc2ccc(CO)cc21. The van der Waals surface area contributed by atoms with Gasteiger partial charge in [-0.1, -0.05) is 6.07 Å². The predicted molar refractivity (Wildman–Crippen MR) is 75.1 cm³/mol. The van der Waals surface area contributed by atoms with Crippen LogP contribution in [0.4, 0.5) is 5.69 Å². The molecule has 0 spiro atoms. The number of hydrogen-bond acceptors (Lipinski definition) is 5. The molecule has 0 unspecified atom stereocenters. The molecule has 0 saturated carbocycles. The van der Waals surface area contributed by atoms with Gasteiger partial charge in [-0.15, -0.1) is 0 Å². The Kier molecular flexibility index (Phi) is 5.13. The Balaban J connectivity index is 2.12.